The van der Waals surface area contributed by atoms with Gasteiger partial charge in [-0.25, -0.2) is 14.2 Å². The number of benzene rings is 1. The monoisotopic (exact) mass is 497 g/mol. The van der Waals surface area contributed by atoms with Crippen LogP contribution in [-0.4, -0.2) is 49.6 Å². The fourth-order valence-corrected chi connectivity index (χ4v) is 5.23. The number of nitrogens with zero attached hydrogens (tertiary/aromatic N) is 7. The number of fused-ring (bicyclic) bond motifs is 1. The Morgan fingerprint density at radius 1 is 1.11 bits per heavy atom. The number of anilines is 1. The number of halogens is 1. The Morgan fingerprint density at radius 2 is 1.89 bits per heavy atom. The van der Waals surface area contributed by atoms with Crippen molar-refractivity contribution in [2.45, 2.75) is 38.4 Å². The molecule has 1 unspecified atom stereocenters. The molecule has 1 fully saturated rings. The minimum absolute atomic E-state index is 0.0233. The largest absolute Gasteiger partial charge is 0.349 e. The van der Waals surface area contributed by atoms with Gasteiger partial charge in [-0.1, -0.05) is 25.1 Å². The third kappa shape index (κ3) is 4.56. The molecule has 0 radical (unpaired) electrons. The second-order valence-corrected chi connectivity index (χ2v) is 9.42. The van der Waals surface area contributed by atoms with Crippen LogP contribution in [0.2, 0.25) is 0 Å². The molecule has 1 aliphatic heterocycles. The zero-order chi connectivity index (χ0) is 26.1. The van der Waals surface area contributed by atoms with E-state index in [2.05, 4.69) is 44.7 Å². The van der Waals surface area contributed by atoms with Gasteiger partial charge in [0.1, 0.15) is 23.1 Å². The first-order valence-corrected chi connectivity index (χ1v) is 12.4. The Balaban J connectivity index is 1.58. The van der Waals surface area contributed by atoms with Crippen LogP contribution in [0.4, 0.5) is 10.2 Å². The van der Waals surface area contributed by atoms with Crippen molar-refractivity contribution in [3.8, 4) is 6.07 Å². The molecule has 5 rings (SSSR count). The van der Waals surface area contributed by atoms with E-state index in [4.69, 9.17) is 0 Å². The van der Waals surface area contributed by atoms with Gasteiger partial charge in [0.05, 0.1) is 17.3 Å². The first-order valence-electron chi connectivity index (χ1n) is 12.4. The molecular formula is C28H28FN7O. The lowest BCUT2D eigenvalue weighted by Gasteiger charge is -2.48. The van der Waals surface area contributed by atoms with Gasteiger partial charge in [0, 0.05) is 38.4 Å². The van der Waals surface area contributed by atoms with E-state index in [0.29, 0.717) is 29.9 Å². The van der Waals surface area contributed by atoms with Crippen LogP contribution >= 0.6 is 0 Å². The average Bonchev–Trinajstić information content (AvgIpc) is 2.92. The average molecular weight is 498 g/mol. The molecule has 0 saturated carbocycles. The summed E-state index contributed by atoms with van der Waals surface area (Å²) in [5, 5.41) is 9.43. The summed E-state index contributed by atoms with van der Waals surface area (Å²) < 4.78 is 15.2. The Hall–Kier alpha value is -4.16. The predicted molar refractivity (Wildman–Crippen MR) is 140 cm³/mol. The van der Waals surface area contributed by atoms with Crippen molar-refractivity contribution in [1.29, 1.82) is 5.26 Å². The van der Waals surface area contributed by atoms with Crippen LogP contribution in [0.1, 0.15) is 43.3 Å². The summed E-state index contributed by atoms with van der Waals surface area (Å²) in [7, 11) is 1.66. The highest BCUT2D eigenvalue weighted by Crippen LogP contribution is 2.35. The van der Waals surface area contributed by atoms with E-state index in [1.54, 1.807) is 25.4 Å². The van der Waals surface area contributed by atoms with E-state index in [1.807, 2.05) is 30.3 Å². The summed E-state index contributed by atoms with van der Waals surface area (Å²) in [5.74, 6) is 0.221. The molecular weight excluding hydrogens is 469 g/mol. The SMILES string of the molecule is CC[C@@H]1CN(c2nc(=O)n(C)c3ccc(C#N)nc23)[C@@H](C)CN1C(c1ccc(F)cc1)c1ccccn1. The van der Waals surface area contributed by atoms with Crippen LogP contribution in [0.15, 0.2) is 65.6 Å². The van der Waals surface area contributed by atoms with Gasteiger partial charge < -0.3 is 4.90 Å². The fraction of sp³-hybridized carbons (Fsp3) is 0.321. The molecule has 3 atom stereocenters. The number of rotatable bonds is 5. The van der Waals surface area contributed by atoms with Gasteiger partial charge in [-0.3, -0.25) is 14.5 Å². The minimum atomic E-state index is -0.366. The highest BCUT2D eigenvalue weighted by Gasteiger charge is 2.38. The summed E-state index contributed by atoms with van der Waals surface area (Å²) in [6.45, 7) is 5.50. The number of hydrogen-bond donors (Lipinski definition) is 0. The summed E-state index contributed by atoms with van der Waals surface area (Å²) in [5.41, 5.74) is 2.95. The fourth-order valence-electron chi connectivity index (χ4n) is 5.23. The van der Waals surface area contributed by atoms with Crippen molar-refractivity contribution in [2.24, 2.45) is 7.05 Å². The van der Waals surface area contributed by atoms with Gasteiger partial charge in [-0.05, 0) is 55.3 Å². The summed E-state index contributed by atoms with van der Waals surface area (Å²) >= 11 is 0. The van der Waals surface area contributed by atoms with Gasteiger partial charge in [0.25, 0.3) is 0 Å². The van der Waals surface area contributed by atoms with Crippen LogP contribution in [0.5, 0.6) is 0 Å². The molecule has 1 saturated heterocycles. The molecule has 9 heteroatoms. The Bertz CT molecular complexity index is 1510. The molecule has 4 aromatic rings. The Kier molecular flexibility index (Phi) is 6.68. The lowest BCUT2D eigenvalue weighted by Crippen LogP contribution is -2.58. The van der Waals surface area contributed by atoms with Crippen LogP contribution in [0.25, 0.3) is 11.0 Å². The van der Waals surface area contributed by atoms with Gasteiger partial charge in [0.15, 0.2) is 5.82 Å². The molecule has 0 amide bonds. The molecule has 8 nitrogen and oxygen atoms in total. The molecule has 0 bridgehead atoms. The van der Waals surface area contributed by atoms with Crippen molar-refractivity contribution in [1.82, 2.24) is 24.4 Å². The van der Waals surface area contributed by atoms with E-state index in [0.717, 1.165) is 17.7 Å². The van der Waals surface area contributed by atoms with E-state index >= 15 is 0 Å². The molecule has 3 aromatic heterocycles. The maximum absolute atomic E-state index is 13.8. The maximum Gasteiger partial charge on any atom is 0.349 e. The molecule has 1 aliphatic rings. The normalized spacial score (nSPS) is 19.1. The Labute approximate surface area is 214 Å². The lowest BCUT2D eigenvalue weighted by molar-refractivity contribution is 0.113. The first kappa shape index (κ1) is 24.5. The number of hydrogen-bond acceptors (Lipinski definition) is 7. The van der Waals surface area contributed by atoms with Crippen LogP contribution in [-0.2, 0) is 7.05 Å². The number of aromatic nitrogens is 4. The number of piperazine rings is 1. The number of nitriles is 1. The molecule has 0 aliphatic carbocycles. The topological polar surface area (TPSA) is 90.9 Å². The summed E-state index contributed by atoms with van der Waals surface area (Å²) in [4.78, 5) is 30.9. The van der Waals surface area contributed by atoms with Crippen molar-refractivity contribution in [3.63, 3.8) is 0 Å². The number of aryl methyl sites for hydroxylation is 1. The zero-order valence-electron chi connectivity index (χ0n) is 21.0. The van der Waals surface area contributed by atoms with Crippen molar-refractivity contribution in [3.05, 3.63) is 94.0 Å². The first-order chi connectivity index (χ1) is 17.9. The standard InChI is InChI=1S/C28H28FN7O/c1-4-22-17-35(27-25-24(34(3)28(37)33-27)13-12-21(15-30)32-25)18(2)16-36(22)26(23-7-5-6-14-31-23)19-8-10-20(29)11-9-19/h5-14,18,22,26H,4,16-17H2,1-3H3/t18-,22+,26?/m0/s1. The van der Waals surface area contributed by atoms with Gasteiger partial charge >= 0.3 is 5.69 Å². The lowest BCUT2D eigenvalue weighted by atomic mass is 9.95. The molecule has 4 heterocycles. The third-order valence-electron chi connectivity index (χ3n) is 7.16. The highest BCUT2D eigenvalue weighted by atomic mass is 19.1. The van der Waals surface area contributed by atoms with Gasteiger partial charge in [-0.15, -0.1) is 0 Å². The number of pyridine rings is 2. The summed E-state index contributed by atoms with van der Waals surface area (Å²) in [6, 6.07) is 17.8. The van der Waals surface area contributed by atoms with Gasteiger partial charge in [-0.2, -0.15) is 10.2 Å². The Morgan fingerprint density at radius 3 is 2.57 bits per heavy atom. The quantitative estimate of drug-likeness (QED) is 0.414. The molecule has 0 spiro atoms. The molecule has 188 valence electrons. The van der Waals surface area contributed by atoms with E-state index < -0.39 is 0 Å². The highest BCUT2D eigenvalue weighted by molar-refractivity contribution is 5.86. The van der Waals surface area contributed by atoms with Crippen LogP contribution in [0.3, 0.4) is 0 Å². The smallest absolute Gasteiger partial charge is 0.349 e. The van der Waals surface area contributed by atoms with Crippen molar-refractivity contribution < 1.29 is 4.39 Å². The molecule has 1 aromatic carbocycles. The molecule has 37 heavy (non-hydrogen) atoms. The van der Waals surface area contributed by atoms with Crippen LogP contribution in [0, 0.1) is 17.1 Å². The minimum Gasteiger partial charge on any atom is -0.349 e. The third-order valence-corrected chi connectivity index (χ3v) is 7.16. The van der Waals surface area contributed by atoms with E-state index in [1.165, 1.54) is 16.7 Å². The van der Waals surface area contributed by atoms with Crippen LogP contribution < -0.4 is 10.6 Å². The summed E-state index contributed by atoms with van der Waals surface area (Å²) in [6.07, 6.45) is 2.62. The van der Waals surface area contributed by atoms with Crippen molar-refractivity contribution >= 4 is 16.9 Å². The zero-order valence-corrected chi connectivity index (χ0v) is 21.0. The van der Waals surface area contributed by atoms with E-state index in [-0.39, 0.29) is 35.3 Å². The van der Waals surface area contributed by atoms with E-state index in [9.17, 15) is 14.4 Å². The van der Waals surface area contributed by atoms with Gasteiger partial charge in [0.2, 0.25) is 0 Å². The maximum atomic E-state index is 13.8. The second kappa shape index (κ2) is 10.1. The second-order valence-electron chi connectivity index (χ2n) is 9.42. The van der Waals surface area contributed by atoms with Crippen molar-refractivity contribution in [2.75, 3.05) is 18.0 Å². The predicted octanol–water partition coefficient (Wildman–Crippen LogP) is 3.81. The molecule has 0 N–H and O–H groups in total.